The number of aryl methyl sites for hydroxylation is 1. The Kier molecular flexibility index (Phi) is 19.7. The summed E-state index contributed by atoms with van der Waals surface area (Å²) < 4.78 is 25.5. The number of methoxy groups -OCH3 is 2. The van der Waals surface area contributed by atoms with Crippen molar-refractivity contribution < 1.29 is 42.5 Å². The lowest BCUT2D eigenvalue weighted by Gasteiger charge is -2.34. The quantitative estimate of drug-likeness (QED) is 0.230. The summed E-state index contributed by atoms with van der Waals surface area (Å²) in [6.45, 7) is 13.6. The number of ether oxygens (including phenoxy) is 4. The van der Waals surface area contributed by atoms with Gasteiger partial charge in [0.25, 0.3) is 0 Å². The third-order valence-electron chi connectivity index (χ3n) is 7.10. The fourth-order valence-electron chi connectivity index (χ4n) is 4.69. The molecule has 45 heavy (non-hydrogen) atoms. The van der Waals surface area contributed by atoms with E-state index in [1.165, 1.54) is 40.8 Å². The van der Waals surface area contributed by atoms with Gasteiger partial charge in [0, 0.05) is 26.7 Å². The Hall–Kier alpha value is -3.40. The number of hydrogen-bond donors (Lipinski definition) is 1. The van der Waals surface area contributed by atoms with Crippen molar-refractivity contribution in [1.29, 1.82) is 10.5 Å². The number of Topliss-reactive ketones (excluding diaryl/α,β-unsaturated/α-hetero) is 1. The summed E-state index contributed by atoms with van der Waals surface area (Å²) in [5.41, 5.74) is 3.72. The number of nitrogens with two attached hydrogens (primary N) is 1. The molecule has 1 fully saturated rings. The number of oxazole rings is 1. The van der Waals surface area contributed by atoms with Crippen molar-refractivity contribution in [3.05, 3.63) is 17.3 Å². The Labute approximate surface area is 270 Å². The molecule has 0 bridgehead atoms. The number of esters is 2. The van der Waals surface area contributed by atoms with E-state index in [4.69, 9.17) is 34.9 Å². The summed E-state index contributed by atoms with van der Waals surface area (Å²) >= 11 is 4.64. The summed E-state index contributed by atoms with van der Waals surface area (Å²) in [5, 5.41) is 16.9. The van der Waals surface area contributed by atoms with Crippen LogP contribution in [0.3, 0.4) is 0 Å². The van der Waals surface area contributed by atoms with E-state index in [9.17, 15) is 19.2 Å². The Morgan fingerprint density at radius 1 is 1.00 bits per heavy atom. The van der Waals surface area contributed by atoms with Crippen molar-refractivity contribution in [3.8, 4) is 12.1 Å². The maximum absolute atomic E-state index is 12.1. The summed E-state index contributed by atoms with van der Waals surface area (Å²) in [5.74, 6) is -0.567. The van der Waals surface area contributed by atoms with Gasteiger partial charge in [0.2, 0.25) is 5.24 Å². The van der Waals surface area contributed by atoms with Crippen LogP contribution >= 0.6 is 11.6 Å². The van der Waals surface area contributed by atoms with Crippen molar-refractivity contribution in [2.75, 3.05) is 53.7 Å². The maximum Gasteiger partial charge on any atom is 0.322 e. The van der Waals surface area contributed by atoms with Crippen LogP contribution in [0.25, 0.3) is 0 Å². The van der Waals surface area contributed by atoms with Crippen LogP contribution in [0.1, 0.15) is 70.7 Å². The first kappa shape index (κ1) is 41.6. The first-order valence-corrected chi connectivity index (χ1v) is 14.9. The van der Waals surface area contributed by atoms with Crippen LogP contribution in [-0.2, 0) is 50.1 Å². The minimum absolute atomic E-state index is 0.0616. The third-order valence-corrected chi connectivity index (χ3v) is 7.10. The molecule has 0 aliphatic carbocycles. The van der Waals surface area contributed by atoms with Crippen LogP contribution in [0, 0.1) is 35.0 Å². The molecule has 1 saturated heterocycles. The van der Waals surface area contributed by atoms with Gasteiger partial charge in [0.15, 0.2) is 22.5 Å². The lowest BCUT2D eigenvalue weighted by molar-refractivity contribution is -0.169. The number of hydrogen-bond acceptors (Lipinski definition) is 14. The zero-order valence-electron chi connectivity index (χ0n) is 27.3. The number of carbonyl (C=O) groups excluding carboxylic acids is 4. The molecule has 3 unspecified atom stereocenters. The highest BCUT2D eigenvalue weighted by Gasteiger charge is 2.51. The largest absolute Gasteiger partial charge is 0.468 e. The maximum atomic E-state index is 12.1. The number of nitriles is 2. The predicted octanol–water partition coefficient (Wildman–Crippen LogP) is 2.72. The van der Waals surface area contributed by atoms with E-state index in [0.717, 1.165) is 0 Å². The molecule has 1 aromatic rings. The molecule has 0 amide bonds. The highest BCUT2D eigenvalue weighted by atomic mass is 35.5. The predicted molar refractivity (Wildman–Crippen MR) is 163 cm³/mol. The minimum atomic E-state index is -1.40. The van der Waals surface area contributed by atoms with Crippen LogP contribution in [-0.4, -0.2) is 92.6 Å². The van der Waals surface area contributed by atoms with Crippen LogP contribution in [0.15, 0.2) is 4.42 Å². The number of ketones is 1. The average Bonchev–Trinajstić information content (AvgIpc) is 3.42. The van der Waals surface area contributed by atoms with E-state index in [0.29, 0.717) is 30.4 Å². The zero-order chi connectivity index (χ0) is 34.6. The van der Waals surface area contributed by atoms with Gasteiger partial charge < -0.3 is 34.0 Å². The van der Waals surface area contributed by atoms with Gasteiger partial charge in [-0.05, 0) is 44.1 Å². The molecule has 2 N–H and O–H groups in total. The van der Waals surface area contributed by atoms with Gasteiger partial charge in [-0.3, -0.25) is 19.2 Å². The first-order valence-electron chi connectivity index (χ1n) is 14.5. The average molecular weight is 656 g/mol. The molecule has 3 heterocycles. The van der Waals surface area contributed by atoms with Crippen molar-refractivity contribution in [3.63, 3.8) is 0 Å². The molecule has 3 atom stereocenters. The SMILES string of the molecule is CC(=O)Cl.CCN(CC)CC.COC(=O)C1(CCC#N)COCC(N)C1=O.COC(=O)C1(CCC#N)COCc2nc(C)oc21. The van der Waals surface area contributed by atoms with Crippen molar-refractivity contribution in [1.82, 2.24) is 9.88 Å². The molecular weight excluding hydrogens is 610 g/mol. The molecular formula is C30H46ClN5O9. The summed E-state index contributed by atoms with van der Waals surface area (Å²) in [7, 11) is 2.51. The Morgan fingerprint density at radius 2 is 1.47 bits per heavy atom. The molecule has 0 radical (unpaired) electrons. The summed E-state index contributed by atoms with van der Waals surface area (Å²) in [6.07, 6.45) is 0.690. The fraction of sp³-hybridized carbons (Fsp3) is 0.700. The van der Waals surface area contributed by atoms with Gasteiger partial charge >= 0.3 is 11.9 Å². The van der Waals surface area contributed by atoms with E-state index in [-0.39, 0.29) is 44.3 Å². The van der Waals surface area contributed by atoms with Crippen molar-refractivity contribution in [2.45, 2.75) is 78.4 Å². The molecule has 252 valence electrons. The van der Waals surface area contributed by atoms with Gasteiger partial charge in [0.05, 0.1) is 58.8 Å². The van der Waals surface area contributed by atoms with Crippen LogP contribution in [0.4, 0.5) is 0 Å². The topological polar surface area (TPSA) is 208 Å². The monoisotopic (exact) mass is 655 g/mol. The van der Waals surface area contributed by atoms with E-state index in [2.05, 4.69) is 47.0 Å². The second-order valence-electron chi connectivity index (χ2n) is 10.0. The van der Waals surface area contributed by atoms with Crippen LogP contribution in [0.5, 0.6) is 0 Å². The Bertz CT molecular complexity index is 1180. The zero-order valence-corrected chi connectivity index (χ0v) is 28.0. The molecule has 2 aliphatic rings. The van der Waals surface area contributed by atoms with E-state index in [1.807, 2.05) is 12.1 Å². The highest BCUT2D eigenvalue weighted by molar-refractivity contribution is 6.62. The molecule has 14 nitrogen and oxygen atoms in total. The van der Waals surface area contributed by atoms with E-state index >= 15 is 0 Å². The van der Waals surface area contributed by atoms with Gasteiger partial charge in [-0.15, -0.1) is 0 Å². The Balaban J connectivity index is 0.000000654. The fourth-order valence-corrected chi connectivity index (χ4v) is 4.69. The number of rotatable bonds is 9. The number of nitrogens with zero attached hydrogens (tertiary/aromatic N) is 4. The van der Waals surface area contributed by atoms with Crippen molar-refractivity contribution >= 4 is 34.6 Å². The standard InChI is InChI=1S/C12H14N2O4.C10H14N2O4.C6H15N.C2H3ClO/c1-8-14-9-6-17-7-12(4-3-5-13,10(9)18-8)11(15)16-2;1-15-9(14)10(3-2-4-11)6-16-5-7(12)8(10)13;1-4-7(5-2)6-3;1-2(3)4/h3-4,6-7H2,1-2H3;7H,2-3,5-6,12H2,1H3;4-6H2,1-3H3;1H3. The first-order chi connectivity index (χ1) is 21.3. The van der Waals surface area contributed by atoms with Crippen LogP contribution in [0.2, 0.25) is 0 Å². The van der Waals surface area contributed by atoms with Gasteiger partial charge in [0.1, 0.15) is 11.5 Å². The number of fused-ring (bicyclic) bond motifs is 1. The molecule has 1 aromatic heterocycles. The summed E-state index contributed by atoms with van der Waals surface area (Å²) in [4.78, 5) is 51.4. The molecule has 0 spiro atoms. The lowest BCUT2D eigenvalue weighted by Crippen LogP contribution is -2.57. The lowest BCUT2D eigenvalue weighted by atomic mass is 9.76. The van der Waals surface area contributed by atoms with Crippen LogP contribution < -0.4 is 5.73 Å². The summed E-state index contributed by atoms with van der Waals surface area (Å²) in [6, 6.07) is 3.10. The molecule has 0 aromatic carbocycles. The van der Waals surface area contributed by atoms with Gasteiger partial charge in [-0.1, -0.05) is 20.8 Å². The number of aromatic nitrogens is 1. The second-order valence-corrected chi connectivity index (χ2v) is 10.6. The third kappa shape index (κ3) is 12.1. The molecule has 15 heteroatoms. The minimum Gasteiger partial charge on any atom is -0.468 e. The van der Waals surface area contributed by atoms with Gasteiger partial charge in [-0.25, -0.2) is 4.98 Å². The van der Waals surface area contributed by atoms with Gasteiger partial charge in [-0.2, -0.15) is 10.5 Å². The number of carbonyl (C=O) groups is 4. The second kappa shape index (κ2) is 21.4. The Morgan fingerprint density at radius 3 is 1.91 bits per heavy atom. The molecule has 2 aliphatic heterocycles. The van der Waals surface area contributed by atoms with E-state index < -0.39 is 34.6 Å². The number of halogens is 1. The smallest absolute Gasteiger partial charge is 0.322 e. The normalized spacial score (nSPS) is 21.5. The van der Waals surface area contributed by atoms with Crippen molar-refractivity contribution in [2.24, 2.45) is 11.1 Å². The van der Waals surface area contributed by atoms with E-state index in [1.54, 1.807) is 6.92 Å². The highest BCUT2D eigenvalue weighted by Crippen LogP contribution is 2.38. The molecule has 3 rings (SSSR count). The molecule has 0 saturated carbocycles.